The monoisotopic (exact) mass is 315 g/mol. The van der Waals surface area contributed by atoms with Gasteiger partial charge in [-0.1, -0.05) is 30.1 Å². The van der Waals surface area contributed by atoms with E-state index in [1.165, 1.54) is 0 Å². The summed E-state index contributed by atoms with van der Waals surface area (Å²) in [4.78, 5) is 14.2. The van der Waals surface area contributed by atoms with Crippen molar-refractivity contribution in [2.75, 3.05) is 13.1 Å². The third kappa shape index (κ3) is 3.80. The number of carbonyl (C=O) groups excluding carboxylic acids is 1. The van der Waals surface area contributed by atoms with Crippen molar-refractivity contribution in [3.8, 4) is 5.75 Å². The van der Waals surface area contributed by atoms with Gasteiger partial charge in [0.1, 0.15) is 5.75 Å². The first-order valence-corrected chi connectivity index (χ1v) is 7.63. The van der Waals surface area contributed by atoms with Gasteiger partial charge in [0.15, 0.2) is 6.10 Å². The van der Waals surface area contributed by atoms with Crippen LogP contribution in [-0.2, 0) is 4.79 Å². The standard InChI is InChI=1S/C15H19Cl2NO2/c1-10-5-7-18(8-6-10)15(19)11(2)20-14-4-3-12(16)9-13(14)17/h3-4,9-11H,5-8H2,1-2H3/t11-/m1/s1. The summed E-state index contributed by atoms with van der Waals surface area (Å²) in [5.41, 5.74) is 0. The number of piperidine rings is 1. The van der Waals surface area contributed by atoms with E-state index in [0.717, 1.165) is 25.9 Å². The van der Waals surface area contributed by atoms with Crippen LogP contribution in [0, 0.1) is 5.92 Å². The second-order valence-corrected chi connectivity index (χ2v) is 6.19. The van der Waals surface area contributed by atoms with Crippen molar-refractivity contribution in [1.29, 1.82) is 0 Å². The van der Waals surface area contributed by atoms with E-state index < -0.39 is 6.10 Å². The van der Waals surface area contributed by atoms with Crippen LogP contribution in [0.2, 0.25) is 10.0 Å². The van der Waals surface area contributed by atoms with E-state index in [4.69, 9.17) is 27.9 Å². The molecule has 1 aliphatic heterocycles. The minimum absolute atomic E-state index is 0.0166. The predicted octanol–water partition coefficient (Wildman–Crippen LogP) is 4.02. The Morgan fingerprint density at radius 2 is 2.00 bits per heavy atom. The topological polar surface area (TPSA) is 29.5 Å². The summed E-state index contributed by atoms with van der Waals surface area (Å²) in [7, 11) is 0. The summed E-state index contributed by atoms with van der Waals surface area (Å²) in [6.07, 6.45) is 1.57. The van der Waals surface area contributed by atoms with E-state index in [9.17, 15) is 4.79 Å². The number of halogens is 2. The number of amides is 1. The van der Waals surface area contributed by atoms with Crippen molar-refractivity contribution in [2.24, 2.45) is 5.92 Å². The first-order chi connectivity index (χ1) is 9.47. The van der Waals surface area contributed by atoms with Gasteiger partial charge in [-0.3, -0.25) is 4.79 Å². The summed E-state index contributed by atoms with van der Waals surface area (Å²) >= 11 is 11.9. The van der Waals surface area contributed by atoms with Gasteiger partial charge in [-0.2, -0.15) is 0 Å². The van der Waals surface area contributed by atoms with Gasteiger partial charge >= 0.3 is 0 Å². The van der Waals surface area contributed by atoms with Crippen LogP contribution in [0.25, 0.3) is 0 Å². The number of ether oxygens (including phenoxy) is 1. The fourth-order valence-corrected chi connectivity index (χ4v) is 2.75. The normalized spacial score (nSPS) is 17.9. The van der Waals surface area contributed by atoms with Crippen LogP contribution < -0.4 is 4.74 Å². The summed E-state index contributed by atoms with van der Waals surface area (Å²) < 4.78 is 5.66. The third-order valence-electron chi connectivity index (χ3n) is 3.64. The fraction of sp³-hybridized carbons (Fsp3) is 0.533. The van der Waals surface area contributed by atoms with Crippen molar-refractivity contribution >= 4 is 29.1 Å². The molecule has 1 amide bonds. The molecule has 0 N–H and O–H groups in total. The zero-order valence-corrected chi connectivity index (χ0v) is 13.2. The molecular formula is C15H19Cl2NO2. The minimum Gasteiger partial charge on any atom is -0.479 e. The van der Waals surface area contributed by atoms with Crippen LogP contribution in [0.4, 0.5) is 0 Å². The largest absolute Gasteiger partial charge is 0.479 e. The molecular weight excluding hydrogens is 297 g/mol. The Morgan fingerprint density at radius 3 is 2.60 bits per heavy atom. The van der Waals surface area contributed by atoms with Crippen LogP contribution in [0.15, 0.2) is 18.2 Å². The van der Waals surface area contributed by atoms with Gasteiger partial charge in [-0.05, 0) is 43.9 Å². The summed E-state index contributed by atoms with van der Waals surface area (Å²) in [6, 6.07) is 4.99. The average Bonchev–Trinajstić information content (AvgIpc) is 2.42. The Morgan fingerprint density at radius 1 is 1.35 bits per heavy atom. The number of benzene rings is 1. The van der Waals surface area contributed by atoms with E-state index in [1.54, 1.807) is 25.1 Å². The van der Waals surface area contributed by atoms with Crippen LogP contribution in [0.5, 0.6) is 5.75 Å². The molecule has 1 atom stereocenters. The van der Waals surface area contributed by atoms with Gasteiger partial charge in [-0.15, -0.1) is 0 Å². The number of hydrogen-bond donors (Lipinski definition) is 0. The molecule has 0 spiro atoms. The molecule has 1 aromatic carbocycles. The first kappa shape index (κ1) is 15.5. The smallest absolute Gasteiger partial charge is 0.263 e. The lowest BCUT2D eigenvalue weighted by Gasteiger charge is -2.32. The Labute approximate surface area is 129 Å². The molecule has 3 nitrogen and oxygen atoms in total. The maximum Gasteiger partial charge on any atom is 0.263 e. The lowest BCUT2D eigenvalue weighted by atomic mass is 9.99. The van der Waals surface area contributed by atoms with E-state index in [0.29, 0.717) is 21.7 Å². The molecule has 0 aliphatic carbocycles. The maximum atomic E-state index is 12.3. The van der Waals surface area contributed by atoms with Crippen LogP contribution in [0.3, 0.4) is 0 Å². The molecule has 1 heterocycles. The number of nitrogens with zero attached hydrogens (tertiary/aromatic N) is 1. The van der Waals surface area contributed by atoms with Gasteiger partial charge in [0.05, 0.1) is 5.02 Å². The second kappa shape index (κ2) is 6.68. The van der Waals surface area contributed by atoms with Crippen LogP contribution >= 0.6 is 23.2 Å². The van der Waals surface area contributed by atoms with Crippen molar-refractivity contribution in [2.45, 2.75) is 32.8 Å². The van der Waals surface area contributed by atoms with E-state index in [-0.39, 0.29) is 5.91 Å². The lowest BCUT2D eigenvalue weighted by molar-refractivity contribution is -0.139. The SMILES string of the molecule is CC1CCN(C(=O)[C@@H](C)Oc2ccc(Cl)cc2Cl)CC1. The predicted molar refractivity (Wildman–Crippen MR) is 81.5 cm³/mol. The summed E-state index contributed by atoms with van der Waals surface area (Å²) in [6.45, 7) is 5.59. The molecule has 0 radical (unpaired) electrons. The minimum atomic E-state index is -0.540. The molecule has 1 aromatic rings. The highest BCUT2D eigenvalue weighted by Crippen LogP contribution is 2.28. The molecule has 110 valence electrons. The first-order valence-electron chi connectivity index (χ1n) is 6.88. The van der Waals surface area contributed by atoms with Crippen molar-refractivity contribution in [3.05, 3.63) is 28.2 Å². The van der Waals surface area contributed by atoms with Gasteiger partial charge in [-0.25, -0.2) is 0 Å². The quantitative estimate of drug-likeness (QED) is 0.843. The molecule has 1 saturated heterocycles. The van der Waals surface area contributed by atoms with E-state index >= 15 is 0 Å². The molecule has 0 bridgehead atoms. The third-order valence-corrected chi connectivity index (χ3v) is 4.17. The molecule has 5 heteroatoms. The Kier molecular flexibility index (Phi) is 5.17. The number of rotatable bonds is 3. The second-order valence-electron chi connectivity index (χ2n) is 5.34. The zero-order valence-electron chi connectivity index (χ0n) is 11.7. The van der Waals surface area contributed by atoms with Crippen LogP contribution in [0.1, 0.15) is 26.7 Å². The van der Waals surface area contributed by atoms with Gasteiger partial charge < -0.3 is 9.64 Å². The van der Waals surface area contributed by atoms with Crippen molar-refractivity contribution < 1.29 is 9.53 Å². The number of likely N-dealkylation sites (tertiary alicyclic amines) is 1. The molecule has 20 heavy (non-hydrogen) atoms. The highest BCUT2D eigenvalue weighted by molar-refractivity contribution is 6.35. The average molecular weight is 316 g/mol. The van der Waals surface area contributed by atoms with E-state index in [1.807, 2.05) is 4.90 Å². The summed E-state index contributed by atoms with van der Waals surface area (Å²) in [5.74, 6) is 1.20. The maximum absolute atomic E-state index is 12.3. The Balaban J connectivity index is 1.97. The number of carbonyl (C=O) groups is 1. The van der Waals surface area contributed by atoms with E-state index in [2.05, 4.69) is 6.92 Å². The highest BCUT2D eigenvalue weighted by atomic mass is 35.5. The van der Waals surface area contributed by atoms with Crippen molar-refractivity contribution in [1.82, 2.24) is 4.90 Å². The molecule has 1 fully saturated rings. The fourth-order valence-electron chi connectivity index (χ4n) is 2.30. The van der Waals surface area contributed by atoms with Gasteiger partial charge in [0.25, 0.3) is 5.91 Å². The zero-order chi connectivity index (χ0) is 14.7. The number of hydrogen-bond acceptors (Lipinski definition) is 2. The molecule has 1 aliphatic rings. The summed E-state index contributed by atoms with van der Waals surface area (Å²) in [5, 5.41) is 0.968. The Hall–Kier alpha value is -0.930. The molecule has 0 unspecified atom stereocenters. The lowest BCUT2D eigenvalue weighted by Crippen LogP contribution is -2.44. The van der Waals surface area contributed by atoms with Crippen LogP contribution in [-0.4, -0.2) is 30.0 Å². The molecule has 0 saturated carbocycles. The van der Waals surface area contributed by atoms with Crippen molar-refractivity contribution in [3.63, 3.8) is 0 Å². The van der Waals surface area contributed by atoms with Gasteiger partial charge in [0.2, 0.25) is 0 Å². The molecule has 2 rings (SSSR count). The van der Waals surface area contributed by atoms with Gasteiger partial charge in [0, 0.05) is 18.1 Å². The highest BCUT2D eigenvalue weighted by Gasteiger charge is 2.25. The Bertz CT molecular complexity index is 485. The molecule has 0 aromatic heterocycles.